The van der Waals surface area contributed by atoms with E-state index < -0.39 is 39.9 Å². The minimum atomic E-state index is -4.21. The minimum Gasteiger partial charge on any atom is -0.506 e. The van der Waals surface area contributed by atoms with E-state index in [0.717, 1.165) is 17.3 Å². The number of aromatic nitrogens is 1. The fourth-order valence-electron chi connectivity index (χ4n) is 2.71. The number of phenols is 1. The zero-order valence-electron chi connectivity index (χ0n) is 14.7. The molecule has 27 heavy (non-hydrogen) atoms. The van der Waals surface area contributed by atoms with Crippen molar-refractivity contribution in [3.05, 3.63) is 47.5 Å². The van der Waals surface area contributed by atoms with Gasteiger partial charge in [-0.15, -0.1) is 0 Å². The fourth-order valence-corrected chi connectivity index (χ4v) is 3.88. The van der Waals surface area contributed by atoms with Crippen molar-refractivity contribution < 1.29 is 22.7 Å². The summed E-state index contributed by atoms with van der Waals surface area (Å²) in [4.78, 5) is 15.5. The molecular weight excluding hydrogens is 375 g/mol. The number of rotatable bonds is 5. The molecule has 0 radical (unpaired) electrons. The summed E-state index contributed by atoms with van der Waals surface area (Å²) in [7, 11) is -4.21. The van der Waals surface area contributed by atoms with E-state index in [-0.39, 0.29) is 6.54 Å². The number of nitrogens with one attached hydrogen (secondary N) is 2. The van der Waals surface area contributed by atoms with Crippen molar-refractivity contribution in [2.75, 3.05) is 16.2 Å². The first kappa shape index (κ1) is 18.9. The lowest BCUT2D eigenvalue weighted by Crippen LogP contribution is -2.30. The molecule has 3 N–H and O–H groups in total. The standard InChI is InChI=1S/C17H19FN4O4S/c1-10(2)12-5-13(8-19-7-12)20-6-11-3-14(18)17(15(23)4-11)22-9-16(24)21-27(22,25)26/h3-5,7-8,10,20,23H,6,9H2,1-2H3,(H,21,24). The van der Waals surface area contributed by atoms with Crippen LogP contribution < -0.4 is 14.3 Å². The molecule has 1 amide bonds. The summed E-state index contributed by atoms with van der Waals surface area (Å²) < 4.78 is 40.4. The number of benzene rings is 1. The predicted octanol–water partition coefficient (Wildman–Crippen LogP) is 1.84. The highest BCUT2D eigenvalue weighted by Gasteiger charge is 2.37. The van der Waals surface area contributed by atoms with Crippen LogP contribution in [0.25, 0.3) is 0 Å². The number of phenolic OH excluding ortho intramolecular Hbond substituents is 1. The van der Waals surface area contributed by atoms with Gasteiger partial charge < -0.3 is 10.4 Å². The largest absolute Gasteiger partial charge is 0.506 e. The second-order valence-electron chi connectivity index (χ2n) is 6.50. The third-order valence-electron chi connectivity index (χ3n) is 4.10. The van der Waals surface area contributed by atoms with Crippen molar-refractivity contribution in [3.63, 3.8) is 0 Å². The topological polar surface area (TPSA) is 112 Å². The van der Waals surface area contributed by atoms with E-state index in [4.69, 9.17) is 0 Å². The lowest BCUT2D eigenvalue weighted by atomic mass is 10.1. The van der Waals surface area contributed by atoms with E-state index in [2.05, 4.69) is 10.3 Å². The van der Waals surface area contributed by atoms with Crippen molar-refractivity contribution in [2.24, 2.45) is 0 Å². The molecule has 0 spiro atoms. The molecular formula is C17H19FN4O4S. The van der Waals surface area contributed by atoms with Crippen LogP contribution in [0.15, 0.2) is 30.6 Å². The fraction of sp³-hybridized carbons (Fsp3) is 0.294. The van der Waals surface area contributed by atoms with Crippen molar-refractivity contribution >= 4 is 27.5 Å². The second-order valence-corrected chi connectivity index (χ2v) is 8.09. The molecule has 2 aromatic rings. The number of hydrogen-bond donors (Lipinski definition) is 3. The predicted molar refractivity (Wildman–Crippen MR) is 98.1 cm³/mol. The molecule has 1 aromatic carbocycles. The lowest BCUT2D eigenvalue weighted by Gasteiger charge is -2.18. The van der Waals surface area contributed by atoms with Crippen LogP contribution in [-0.2, 0) is 21.5 Å². The average molecular weight is 394 g/mol. The van der Waals surface area contributed by atoms with E-state index in [0.29, 0.717) is 15.8 Å². The number of anilines is 2. The summed E-state index contributed by atoms with van der Waals surface area (Å²) in [6.07, 6.45) is 3.40. The highest BCUT2D eigenvalue weighted by Crippen LogP contribution is 2.34. The van der Waals surface area contributed by atoms with Crippen LogP contribution in [0.2, 0.25) is 0 Å². The number of hydrogen-bond acceptors (Lipinski definition) is 6. The van der Waals surface area contributed by atoms with Gasteiger partial charge in [-0.05, 0) is 35.2 Å². The Balaban J connectivity index is 1.81. The van der Waals surface area contributed by atoms with Gasteiger partial charge in [-0.2, -0.15) is 8.42 Å². The Bertz CT molecular complexity index is 971. The van der Waals surface area contributed by atoms with E-state index in [1.54, 1.807) is 17.1 Å². The van der Waals surface area contributed by atoms with Gasteiger partial charge in [0.25, 0.3) is 5.91 Å². The van der Waals surface area contributed by atoms with Crippen molar-refractivity contribution in [1.29, 1.82) is 0 Å². The molecule has 144 valence electrons. The summed E-state index contributed by atoms with van der Waals surface area (Å²) in [5, 5.41) is 13.2. The molecule has 8 nitrogen and oxygen atoms in total. The van der Waals surface area contributed by atoms with Crippen LogP contribution in [0.3, 0.4) is 0 Å². The van der Waals surface area contributed by atoms with Crippen LogP contribution in [0.4, 0.5) is 15.8 Å². The van der Waals surface area contributed by atoms with Crippen LogP contribution >= 0.6 is 0 Å². The van der Waals surface area contributed by atoms with Gasteiger partial charge in [0.2, 0.25) is 0 Å². The quantitative estimate of drug-likeness (QED) is 0.714. The molecule has 0 atom stereocenters. The molecule has 1 aromatic heterocycles. The highest BCUT2D eigenvalue weighted by atomic mass is 32.2. The Kier molecular flexibility index (Phi) is 4.92. The summed E-state index contributed by atoms with van der Waals surface area (Å²) in [5.41, 5.74) is 1.63. The maximum Gasteiger partial charge on any atom is 0.326 e. The van der Waals surface area contributed by atoms with Crippen LogP contribution in [0, 0.1) is 5.82 Å². The Morgan fingerprint density at radius 1 is 1.33 bits per heavy atom. The lowest BCUT2D eigenvalue weighted by molar-refractivity contribution is -0.117. The zero-order valence-corrected chi connectivity index (χ0v) is 15.5. The van der Waals surface area contributed by atoms with E-state index >= 15 is 0 Å². The van der Waals surface area contributed by atoms with Gasteiger partial charge in [0.1, 0.15) is 18.0 Å². The number of carbonyl (C=O) groups is 1. The van der Waals surface area contributed by atoms with Gasteiger partial charge in [-0.3, -0.25) is 9.78 Å². The number of pyridine rings is 1. The second kappa shape index (κ2) is 7.03. The molecule has 0 unspecified atom stereocenters. The molecule has 1 aliphatic rings. The normalized spacial score (nSPS) is 15.9. The van der Waals surface area contributed by atoms with Crippen molar-refractivity contribution in [3.8, 4) is 5.75 Å². The molecule has 0 saturated carbocycles. The van der Waals surface area contributed by atoms with Gasteiger partial charge in [0.15, 0.2) is 5.82 Å². The Hall–Kier alpha value is -2.88. The third-order valence-corrected chi connectivity index (χ3v) is 5.47. The molecule has 10 heteroatoms. The smallest absolute Gasteiger partial charge is 0.326 e. The van der Waals surface area contributed by atoms with Crippen LogP contribution in [0.1, 0.15) is 30.9 Å². The van der Waals surface area contributed by atoms with Crippen LogP contribution in [-0.4, -0.2) is 31.0 Å². The maximum absolute atomic E-state index is 14.5. The number of carbonyl (C=O) groups excluding carboxylic acids is 1. The maximum atomic E-state index is 14.5. The van der Waals surface area contributed by atoms with Gasteiger partial charge in [-0.25, -0.2) is 13.4 Å². The van der Waals surface area contributed by atoms with Gasteiger partial charge in [-0.1, -0.05) is 13.8 Å². The number of nitrogens with zero attached hydrogens (tertiary/aromatic N) is 2. The number of aromatic hydroxyl groups is 1. The SMILES string of the molecule is CC(C)c1cncc(NCc2cc(O)c(N3CC(=O)NS3(=O)=O)c(F)c2)c1. The van der Waals surface area contributed by atoms with Crippen molar-refractivity contribution in [2.45, 2.75) is 26.3 Å². The third kappa shape index (κ3) is 3.95. The Morgan fingerprint density at radius 3 is 2.67 bits per heavy atom. The van der Waals surface area contributed by atoms with Gasteiger partial charge in [0, 0.05) is 18.9 Å². The van der Waals surface area contributed by atoms with Gasteiger partial charge in [0.05, 0.1) is 5.69 Å². The Labute approximate surface area is 156 Å². The van der Waals surface area contributed by atoms with E-state index in [9.17, 15) is 22.7 Å². The average Bonchev–Trinajstić information content (AvgIpc) is 2.85. The number of amides is 1. The first-order valence-corrected chi connectivity index (χ1v) is 9.65. The zero-order chi connectivity index (χ0) is 19.8. The van der Waals surface area contributed by atoms with Crippen LogP contribution in [0.5, 0.6) is 5.75 Å². The van der Waals surface area contributed by atoms with Crippen molar-refractivity contribution in [1.82, 2.24) is 9.71 Å². The summed E-state index contributed by atoms with van der Waals surface area (Å²) in [5.74, 6) is -2.00. The summed E-state index contributed by atoms with van der Waals surface area (Å²) in [6.45, 7) is 3.69. The number of halogens is 1. The molecule has 1 aliphatic heterocycles. The molecule has 3 rings (SSSR count). The minimum absolute atomic E-state index is 0.192. The van der Waals surface area contributed by atoms with Gasteiger partial charge >= 0.3 is 10.2 Å². The highest BCUT2D eigenvalue weighted by molar-refractivity contribution is 7.92. The van der Waals surface area contributed by atoms with E-state index in [1.165, 1.54) is 6.07 Å². The first-order valence-electron chi connectivity index (χ1n) is 8.21. The van der Waals surface area contributed by atoms with E-state index in [1.807, 2.05) is 19.9 Å². The molecule has 0 bridgehead atoms. The molecule has 1 saturated heterocycles. The first-order chi connectivity index (χ1) is 12.7. The molecule has 1 fully saturated rings. The molecule has 0 aliphatic carbocycles. The summed E-state index contributed by atoms with van der Waals surface area (Å²) >= 11 is 0. The Morgan fingerprint density at radius 2 is 2.07 bits per heavy atom. The molecule has 2 heterocycles. The summed E-state index contributed by atoms with van der Waals surface area (Å²) in [6, 6.07) is 4.29. The monoisotopic (exact) mass is 394 g/mol.